The molecule has 176 valence electrons. The second-order valence-electron chi connectivity index (χ2n) is 8.24. The molecule has 0 aliphatic carbocycles. The number of halogens is 5. The van der Waals surface area contributed by atoms with Gasteiger partial charge in [-0.25, -0.2) is 13.5 Å². The molecule has 0 saturated carbocycles. The molecule has 11 heteroatoms. The third kappa shape index (κ3) is 3.77. The van der Waals surface area contributed by atoms with Gasteiger partial charge in [0.2, 0.25) is 4.34 Å². The Labute approximate surface area is 194 Å². The molecule has 2 aromatic heterocycles. The van der Waals surface area contributed by atoms with E-state index in [-0.39, 0.29) is 27.0 Å². The standard InChI is InChI=1S/C22H21ClF4N3O2S/c23-18-8-14-20(21(4-6-28-7-5-21)32-12-22(14,26)27)33(18)11-13-9-30(29-17(13)10-31)19-15(24)2-1-3-16(19)25/h1-3,8-9,28,31H,4-7,10-12H2/q+1. The zero-order valence-corrected chi connectivity index (χ0v) is 19.0. The van der Waals surface area contributed by atoms with Crippen molar-refractivity contribution in [1.29, 1.82) is 0 Å². The Bertz CT molecular complexity index is 1190. The van der Waals surface area contributed by atoms with Gasteiger partial charge >= 0.3 is 5.92 Å². The van der Waals surface area contributed by atoms with E-state index in [4.69, 9.17) is 16.3 Å². The van der Waals surface area contributed by atoms with Gasteiger partial charge in [0.1, 0.15) is 17.9 Å². The second-order valence-corrected chi connectivity index (χ2v) is 10.8. The number of rotatable bonds is 4. The third-order valence-corrected chi connectivity index (χ3v) is 9.17. The molecule has 2 N–H and O–H groups in total. The quantitative estimate of drug-likeness (QED) is 0.398. The summed E-state index contributed by atoms with van der Waals surface area (Å²) in [5, 5.41) is 17.2. The maximum absolute atomic E-state index is 14.8. The zero-order valence-electron chi connectivity index (χ0n) is 17.4. The number of alkyl halides is 2. The highest BCUT2D eigenvalue weighted by Crippen LogP contribution is 2.57. The lowest BCUT2D eigenvalue weighted by Crippen LogP contribution is -2.47. The number of aromatic nitrogens is 2. The van der Waals surface area contributed by atoms with Crippen LogP contribution in [0.4, 0.5) is 17.6 Å². The number of hydrogen-bond donors (Lipinski definition) is 2. The van der Waals surface area contributed by atoms with E-state index in [2.05, 4.69) is 10.4 Å². The van der Waals surface area contributed by atoms with E-state index < -0.39 is 46.8 Å². The van der Waals surface area contributed by atoms with Crippen LogP contribution in [0.3, 0.4) is 0 Å². The van der Waals surface area contributed by atoms with Gasteiger partial charge in [-0.15, -0.1) is 0 Å². The largest absolute Gasteiger partial charge is 0.390 e. The molecule has 1 saturated heterocycles. The van der Waals surface area contributed by atoms with Crippen molar-refractivity contribution in [1.82, 2.24) is 15.1 Å². The molecule has 4 heterocycles. The molecule has 3 aromatic rings. The first-order valence-electron chi connectivity index (χ1n) is 10.4. The first kappa shape index (κ1) is 22.8. The summed E-state index contributed by atoms with van der Waals surface area (Å²) in [7, 11) is -0.967. The lowest BCUT2D eigenvalue weighted by atomic mass is 9.85. The number of aliphatic hydroxyl groups is 1. The molecule has 0 amide bonds. The van der Waals surface area contributed by atoms with Crippen LogP contribution in [0.2, 0.25) is 4.34 Å². The number of nitrogens with one attached hydrogen (secondary N) is 1. The van der Waals surface area contributed by atoms with E-state index in [1.54, 1.807) is 0 Å². The molecule has 5 rings (SSSR count). The van der Waals surface area contributed by atoms with Crippen LogP contribution in [-0.2, 0) is 28.6 Å². The van der Waals surface area contributed by atoms with Crippen molar-refractivity contribution in [2.24, 2.45) is 0 Å². The number of ether oxygens (including phenoxy) is 1. The lowest BCUT2D eigenvalue weighted by molar-refractivity contribution is -0.175. The van der Waals surface area contributed by atoms with Crippen molar-refractivity contribution >= 4 is 22.1 Å². The van der Waals surface area contributed by atoms with Crippen molar-refractivity contribution in [3.05, 3.63) is 68.1 Å². The van der Waals surface area contributed by atoms with Crippen LogP contribution in [-0.4, -0.2) is 34.6 Å². The molecule has 0 radical (unpaired) electrons. The van der Waals surface area contributed by atoms with Crippen LogP contribution < -0.4 is 5.32 Å². The van der Waals surface area contributed by atoms with Crippen molar-refractivity contribution < 1.29 is 27.4 Å². The van der Waals surface area contributed by atoms with Gasteiger partial charge in [-0.05, 0) is 49.7 Å². The summed E-state index contributed by atoms with van der Waals surface area (Å²) in [6.45, 7) is 0.0771. The van der Waals surface area contributed by atoms with Crippen molar-refractivity contribution in [2.45, 2.75) is 36.7 Å². The normalized spacial score (nSPS) is 19.6. The summed E-state index contributed by atoms with van der Waals surface area (Å²) >= 11 is 6.52. The van der Waals surface area contributed by atoms with Crippen LogP contribution in [0.25, 0.3) is 5.69 Å². The molecular formula is C22H21ClF4N3O2S+. The number of fused-ring (bicyclic) bond motifs is 2. The van der Waals surface area contributed by atoms with Gasteiger partial charge in [-0.3, -0.25) is 0 Å². The molecule has 1 spiro atoms. The molecule has 1 atom stereocenters. The second kappa shape index (κ2) is 8.35. The topological polar surface area (TPSA) is 59.3 Å². The Morgan fingerprint density at radius 2 is 1.91 bits per heavy atom. The summed E-state index contributed by atoms with van der Waals surface area (Å²) in [4.78, 5) is 0.485. The van der Waals surface area contributed by atoms with E-state index in [0.29, 0.717) is 36.4 Å². The number of thiophene rings is 1. The molecular weight excluding hydrogens is 482 g/mol. The van der Waals surface area contributed by atoms with E-state index >= 15 is 0 Å². The average Bonchev–Trinajstić information content (AvgIpc) is 3.34. The average molecular weight is 503 g/mol. The molecule has 1 fully saturated rings. The van der Waals surface area contributed by atoms with Crippen LogP contribution in [0.1, 0.15) is 34.5 Å². The molecule has 33 heavy (non-hydrogen) atoms. The van der Waals surface area contributed by atoms with Crippen molar-refractivity contribution in [3.8, 4) is 5.69 Å². The highest BCUT2D eigenvalue weighted by Gasteiger charge is 2.56. The number of nitrogens with zero attached hydrogens (tertiary/aromatic N) is 2. The number of para-hydroxylation sites is 1. The maximum atomic E-state index is 14.8. The number of hydrogen-bond acceptors (Lipinski definition) is 4. The lowest BCUT2D eigenvalue weighted by Gasteiger charge is -2.40. The predicted molar refractivity (Wildman–Crippen MR) is 116 cm³/mol. The summed E-state index contributed by atoms with van der Waals surface area (Å²) in [5.41, 5.74) is -0.640. The fraction of sp³-hybridized carbons (Fsp3) is 0.409. The minimum Gasteiger partial charge on any atom is -0.390 e. The Hall–Kier alpha value is -1.98. The van der Waals surface area contributed by atoms with Crippen LogP contribution in [0, 0.1) is 11.6 Å². The minimum absolute atomic E-state index is 0.0953. The van der Waals surface area contributed by atoms with Crippen LogP contribution in [0.5, 0.6) is 0 Å². The Morgan fingerprint density at radius 3 is 2.58 bits per heavy atom. The van der Waals surface area contributed by atoms with E-state index in [9.17, 15) is 22.7 Å². The first-order chi connectivity index (χ1) is 15.8. The number of aliphatic hydroxyl groups excluding tert-OH is 1. The van der Waals surface area contributed by atoms with E-state index in [1.807, 2.05) is 0 Å². The zero-order chi connectivity index (χ0) is 23.4. The maximum Gasteiger partial charge on any atom is 0.301 e. The Kier molecular flexibility index (Phi) is 5.77. The van der Waals surface area contributed by atoms with Gasteiger partial charge in [0, 0.05) is 28.3 Å². The summed E-state index contributed by atoms with van der Waals surface area (Å²) < 4.78 is 65.3. The highest BCUT2D eigenvalue weighted by atomic mass is 35.5. The molecule has 2 aliphatic heterocycles. The van der Waals surface area contributed by atoms with Gasteiger partial charge in [0.25, 0.3) is 0 Å². The van der Waals surface area contributed by atoms with Gasteiger partial charge in [-0.1, -0.05) is 6.07 Å². The van der Waals surface area contributed by atoms with E-state index in [1.165, 1.54) is 18.3 Å². The fourth-order valence-electron chi connectivity index (χ4n) is 4.61. The Morgan fingerprint density at radius 1 is 1.21 bits per heavy atom. The smallest absolute Gasteiger partial charge is 0.301 e. The molecule has 1 aromatic carbocycles. The number of piperidine rings is 1. The monoisotopic (exact) mass is 502 g/mol. The van der Waals surface area contributed by atoms with Crippen molar-refractivity contribution in [2.75, 3.05) is 19.7 Å². The molecule has 2 aliphatic rings. The van der Waals surface area contributed by atoms with E-state index in [0.717, 1.165) is 16.8 Å². The summed E-state index contributed by atoms with van der Waals surface area (Å²) in [5.74, 6) is -4.62. The predicted octanol–water partition coefficient (Wildman–Crippen LogP) is 4.79. The Balaban J connectivity index is 1.62. The van der Waals surface area contributed by atoms with Gasteiger partial charge < -0.3 is 15.2 Å². The molecule has 0 bridgehead atoms. The van der Waals surface area contributed by atoms with Gasteiger partial charge in [0.15, 0.2) is 22.3 Å². The third-order valence-electron chi connectivity index (χ3n) is 6.23. The first-order valence-corrected chi connectivity index (χ1v) is 12.2. The SMILES string of the molecule is OCc1nn(-c2c(F)cccc2F)cc1C[s+]1c(Cl)cc2c1C1(CCNCC1)OCC2(F)F. The summed E-state index contributed by atoms with van der Waals surface area (Å²) in [6.07, 6.45) is 2.49. The van der Waals surface area contributed by atoms with Crippen LogP contribution in [0.15, 0.2) is 30.5 Å². The number of benzene rings is 1. The summed E-state index contributed by atoms with van der Waals surface area (Å²) in [6, 6.07) is 4.80. The van der Waals surface area contributed by atoms with Gasteiger partial charge in [0.05, 0.1) is 17.9 Å². The highest BCUT2D eigenvalue weighted by molar-refractivity contribution is 7.34. The van der Waals surface area contributed by atoms with Gasteiger partial charge in [-0.2, -0.15) is 13.9 Å². The minimum atomic E-state index is -3.16. The molecule has 1 unspecified atom stereocenters. The molecule has 5 nitrogen and oxygen atoms in total. The van der Waals surface area contributed by atoms with Crippen LogP contribution >= 0.6 is 22.1 Å². The van der Waals surface area contributed by atoms with Crippen molar-refractivity contribution in [3.63, 3.8) is 0 Å². The fourth-order valence-corrected chi connectivity index (χ4v) is 7.59.